The second-order valence-corrected chi connectivity index (χ2v) is 8.55. The van der Waals surface area contributed by atoms with Gasteiger partial charge in [0, 0.05) is 35.8 Å². The van der Waals surface area contributed by atoms with Crippen molar-refractivity contribution >= 4 is 11.3 Å². The van der Waals surface area contributed by atoms with Crippen LogP contribution in [0.4, 0.5) is 13.2 Å². The second-order valence-electron chi connectivity index (χ2n) is 7.49. The number of aromatic nitrogens is 1. The number of fused-ring (bicyclic) bond motifs is 1. The van der Waals surface area contributed by atoms with Crippen LogP contribution in [0.2, 0.25) is 0 Å². The molecule has 1 aliphatic heterocycles. The average molecular weight is 433 g/mol. The van der Waals surface area contributed by atoms with Gasteiger partial charge in [-0.1, -0.05) is 18.2 Å². The van der Waals surface area contributed by atoms with Crippen molar-refractivity contribution in [1.29, 1.82) is 0 Å². The fourth-order valence-corrected chi connectivity index (χ4v) is 4.84. The number of hydrogen-bond acceptors (Lipinski definition) is 4. The summed E-state index contributed by atoms with van der Waals surface area (Å²) in [4.78, 5) is 8.03. The maximum Gasteiger partial charge on any atom is 0.416 e. The highest BCUT2D eigenvalue weighted by atomic mass is 32.1. The van der Waals surface area contributed by atoms with Crippen molar-refractivity contribution in [2.75, 3.05) is 20.2 Å². The van der Waals surface area contributed by atoms with Crippen molar-refractivity contribution in [3.8, 4) is 16.3 Å². The molecule has 0 amide bonds. The van der Waals surface area contributed by atoms with Crippen molar-refractivity contribution in [3.63, 3.8) is 0 Å². The molecule has 3 aromatic rings. The molecule has 2 aromatic carbocycles. The zero-order chi connectivity index (χ0) is 21.3. The number of rotatable bonds is 4. The molecule has 30 heavy (non-hydrogen) atoms. The molecule has 0 aliphatic carbocycles. The molecule has 0 saturated carbocycles. The summed E-state index contributed by atoms with van der Waals surface area (Å²) in [6, 6.07) is 11.7. The fourth-order valence-electron chi connectivity index (χ4n) is 3.83. The first kappa shape index (κ1) is 20.9. The molecule has 7 heteroatoms. The van der Waals surface area contributed by atoms with Gasteiger partial charge in [-0.15, -0.1) is 11.3 Å². The van der Waals surface area contributed by atoms with Crippen LogP contribution >= 0.6 is 11.3 Å². The highest BCUT2D eigenvalue weighted by molar-refractivity contribution is 7.15. The summed E-state index contributed by atoms with van der Waals surface area (Å²) < 4.78 is 43.7. The summed E-state index contributed by atoms with van der Waals surface area (Å²) in [5.41, 5.74) is 2.76. The van der Waals surface area contributed by atoms with E-state index in [4.69, 9.17) is 4.74 Å². The Morgan fingerprint density at radius 2 is 1.73 bits per heavy atom. The Morgan fingerprint density at radius 1 is 1.03 bits per heavy atom. The first-order chi connectivity index (χ1) is 14.3. The molecular formula is C23H23F3N2OS. The lowest BCUT2D eigenvalue weighted by atomic mass is 10.0. The number of ether oxygens (including phenoxy) is 1. The minimum Gasteiger partial charge on any atom is -0.497 e. The summed E-state index contributed by atoms with van der Waals surface area (Å²) in [5, 5.41) is 0.744. The Bertz CT molecular complexity index is 1010. The smallest absolute Gasteiger partial charge is 0.416 e. The third-order valence-corrected chi connectivity index (χ3v) is 6.91. The average Bonchev–Trinajstić information content (AvgIpc) is 3.14. The predicted molar refractivity (Wildman–Crippen MR) is 113 cm³/mol. The van der Waals surface area contributed by atoms with Crippen LogP contribution in [0.15, 0.2) is 48.7 Å². The number of halogens is 3. The SMILES string of the molecule is COc1ccc2c(c1)CCN(C(C)c1cnc(-c3ccc(C(F)(F)F)cc3)s1)CC2. The van der Waals surface area contributed by atoms with Crippen molar-refractivity contribution in [3.05, 3.63) is 70.2 Å². The maximum atomic E-state index is 12.8. The largest absolute Gasteiger partial charge is 0.497 e. The van der Waals surface area contributed by atoms with Gasteiger partial charge in [-0.2, -0.15) is 13.2 Å². The van der Waals surface area contributed by atoms with Gasteiger partial charge in [-0.05, 0) is 55.2 Å². The minimum atomic E-state index is -4.32. The summed E-state index contributed by atoms with van der Waals surface area (Å²) in [7, 11) is 1.69. The molecule has 4 rings (SSSR count). The van der Waals surface area contributed by atoms with E-state index in [1.54, 1.807) is 18.4 Å². The first-order valence-corrected chi connectivity index (χ1v) is 10.7. The molecule has 0 spiro atoms. The normalized spacial score (nSPS) is 16.0. The van der Waals surface area contributed by atoms with Crippen LogP contribution in [0.1, 0.15) is 34.5 Å². The van der Waals surface area contributed by atoms with Gasteiger partial charge in [0.25, 0.3) is 0 Å². The number of thiazole rings is 1. The van der Waals surface area contributed by atoms with E-state index in [1.807, 2.05) is 12.3 Å². The van der Waals surface area contributed by atoms with Crippen LogP contribution in [0, 0.1) is 0 Å². The van der Waals surface area contributed by atoms with Crippen LogP contribution in [-0.2, 0) is 19.0 Å². The Balaban J connectivity index is 1.47. The lowest BCUT2D eigenvalue weighted by molar-refractivity contribution is -0.137. The third kappa shape index (κ3) is 4.37. The number of benzene rings is 2. The Labute approximate surface area is 178 Å². The van der Waals surface area contributed by atoms with E-state index in [0.29, 0.717) is 5.56 Å². The minimum absolute atomic E-state index is 0.196. The summed E-state index contributed by atoms with van der Waals surface area (Å²) >= 11 is 1.54. The number of nitrogens with zero attached hydrogens (tertiary/aromatic N) is 2. The second kappa shape index (κ2) is 8.40. The molecule has 2 heterocycles. The Hall–Kier alpha value is -2.38. The van der Waals surface area contributed by atoms with Gasteiger partial charge in [0.15, 0.2) is 0 Å². The molecule has 0 saturated heterocycles. The van der Waals surface area contributed by atoms with Crippen LogP contribution < -0.4 is 4.74 Å². The Morgan fingerprint density at radius 3 is 2.40 bits per heavy atom. The van der Waals surface area contributed by atoms with Crippen molar-refractivity contribution < 1.29 is 17.9 Å². The summed E-state index contributed by atoms with van der Waals surface area (Å²) in [6.07, 6.45) is -0.533. The molecule has 158 valence electrons. The lowest BCUT2D eigenvalue weighted by Crippen LogP contribution is -2.29. The van der Waals surface area contributed by atoms with Crippen molar-refractivity contribution in [2.45, 2.75) is 32.0 Å². The van der Waals surface area contributed by atoms with E-state index < -0.39 is 11.7 Å². The van der Waals surface area contributed by atoms with E-state index in [2.05, 4.69) is 28.9 Å². The van der Waals surface area contributed by atoms with E-state index in [9.17, 15) is 13.2 Å². The van der Waals surface area contributed by atoms with Gasteiger partial charge in [-0.25, -0.2) is 4.98 Å². The summed E-state index contributed by atoms with van der Waals surface area (Å²) in [6.45, 7) is 4.06. The van der Waals surface area contributed by atoms with Gasteiger partial charge in [-0.3, -0.25) is 4.90 Å². The van der Waals surface area contributed by atoms with E-state index in [-0.39, 0.29) is 6.04 Å². The molecule has 1 aromatic heterocycles. The monoisotopic (exact) mass is 432 g/mol. The molecule has 1 aliphatic rings. The van der Waals surface area contributed by atoms with E-state index >= 15 is 0 Å². The quantitative estimate of drug-likeness (QED) is 0.506. The topological polar surface area (TPSA) is 25.4 Å². The molecule has 0 radical (unpaired) electrons. The molecule has 0 N–H and O–H groups in total. The molecule has 1 unspecified atom stereocenters. The number of hydrogen-bond donors (Lipinski definition) is 0. The first-order valence-electron chi connectivity index (χ1n) is 9.88. The van der Waals surface area contributed by atoms with Crippen LogP contribution in [0.25, 0.3) is 10.6 Å². The van der Waals surface area contributed by atoms with E-state index in [1.165, 1.54) is 23.3 Å². The van der Waals surface area contributed by atoms with Crippen LogP contribution in [0.5, 0.6) is 5.75 Å². The third-order valence-electron chi connectivity index (χ3n) is 5.69. The highest BCUT2D eigenvalue weighted by Crippen LogP contribution is 2.35. The fraction of sp³-hybridized carbons (Fsp3) is 0.348. The molecular weight excluding hydrogens is 409 g/mol. The van der Waals surface area contributed by atoms with Crippen LogP contribution in [-0.4, -0.2) is 30.1 Å². The van der Waals surface area contributed by atoms with Gasteiger partial charge in [0.1, 0.15) is 10.8 Å². The molecule has 0 bridgehead atoms. The standard InChI is InChI=1S/C23H23F3N2OS/c1-15(28-11-9-16-5-8-20(29-2)13-18(16)10-12-28)21-14-27-22(30-21)17-3-6-19(7-4-17)23(24,25)26/h3-8,13-15H,9-12H2,1-2H3. The van der Waals surface area contributed by atoms with Gasteiger partial charge < -0.3 is 4.74 Å². The van der Waals surface area contributed by atoms with Gasteiger partial charge >= 0.3 is 6.18 Å². The molecule has 1 atom stereocenters. The van der Waals surface area contributed by atoms with Crippen LogP contribution in [0.3, 0.4) is 0 Å². The van der Waals surface area contributed by atoms with Crippen molar-refractivity contribution in [1.82, 2.24) is 9.88 Å². The lowest BCUT2D eigenvalue weighted by Gasteiger charge is -2.26. The summed E-state index contributed by atoms with van der Waals surface area (Å²) in [5.74, 6) is 0.888. The predicted octanol–water partition coefficient (Wildman–Crippen LogP) is 6.00. The number of methoxy groups -OCH3 is 1. The molecule has 0 fully saturated rings. The van der Waals surface area contributed by atoms with Crippen molar-refractivity contribution in [2.24, 2.45) is 0 Å². The van der Waals surface area contributed by atoms with Gasteiger partial charge in [0.05, 0.1) is 12.7 Å². The maximum absolute atomic E-state index is 12.8. The Kier molecular flexibility index (Phi) is 5.84. The zero-order valence-electron chi connectivity index (χ0n) is 16.9. The molecule has 3 nitrogen and oxygen atoms in total. The number of alkyl halides is 3. The van der Waals surface area contributed by atoms with Gasteiger partial charge in [0.2, 0.25) is 0 Å². The van der Waals surface area contributed by atoms with E-state index in [0.717, 1.165) is 53.7 Å². The highest BCUT2D eigenvalue weighted by Gasteiger charge is 2.30. The zero-order valence-corrected chi connectivity index (χ0v) is 17.7.